The zero-order chi connectivity index (χ0) is 21.8. The summed E-state index contributed by atoms with van der Waals surface area (Å²) in [6, 6.07) is 7.91. The van der Waals surface area contributed by atoms with Gasteiger partial charge in [0.25, 0.3) is 0 Å². The molecule has 1 saturated carbocycles. The molecule has 2 aliphatic heterocycles. The number of ether oxygens (including phenoxy) is 1. The van der Waals surface area contributed by atoms with Gasteiger partial charge in [0.1, 0.15) is 0 Å². The van der Waals surface area contributed by atoms with Gasteiger partial charge in [-0.05, 0) is 43.7 Å². The van der Waals surface area contributed by atoms with Gasteiger partial charge in [0.05, 0.1) is 24.2 Å². The summed E-state index contributed by atoms with van der Waals surface area (Å²) in [7, 11) is -3.07. The number of hydrogen-bond donors (Lipinski definition) is 0. The molecule has 3 fully saturated rings. The van der Waals surface area contributed by atoms with Crippen molar-refractivity contribution in [1.82, 2.24) is 9.80 Å². The highest BCUT2D eigenvalue weighted by Crippen LogP contribution is 2.28. The van der Waals surface area contributed by atoms with Crippen LogP contribution in [-0.4, -0.2) is 73.5 Å². The molecule has 31 heavy (non-hydrogen) atoms. The molecule has 1 aromatic carbocycles. The summed E-state index contributed by atoms with van der Waals surface area (Å²) in [6.07, 6.45) is 6.98. The first-order chi connectivity index (χ1) is 14.9. The summed E-state index contributed by atoms with van der Waals surface area (Å²) in [5.41, 5.74) is 1.03. The van der Waals surface area contributed by atoms with Crippen LogP contribution in [0.15, 0.2) is 24.3 Å². The topological polar surface area (TPSA) is 66.9 Å². The van der Waals surface area contributed by atoms with Crippen molar-refractivity contribution in [1.29, 1.82) is 0 Å². The molecule has 2 atom stereocenters. The third-order valence-corrected chi connectivity index (χ3v) is 9.02. The van der Waals surface area contributed by atoms with Crippen LogP contribution in [0.5, 0.6) is 0 Å². The average molecular weight is 469 g/mol. The van der Waals surface area contributed by atoms with E-state index in [1.165, 1.54) is 12.8 Å². The van der Waals surface area contributed by atoms with E-state index >= 15 is 0 Å². The molecule has 3 aliphatic rings. The molecule has 1 aliphatic carbocycles. The van der Waals surface area contributed by atoms with E-state index in [1.807, 2.05) is 29.2 Å². The van der Waals surface area contributed by atoms with Crippen molar-refractivity contribution in [3.8, 4) is 0 Å². The van der Waals surface area contributed by atoms with Crippen LogP contribution in [0.2, 0.25) is 5.02 Å². The molecule has 0 radical (unpaired) electrons. The maximum Gasteiger partial charge on any atom is 0.237 e. The SMILES string of the molecule is O=C(CN(Cc1ccccc1Cl)C1CCCC1)N(CC1CCCO1)C1CCS(=O)(=O)C1. The molecule has 2 heterocycles. The van der Waals surface area contributed by atoms with Gasteiger partial charge in [0, 0.05) is 36.8 Å². The molecule has 0 spiro atoms. The van der Waals surface area contributed by atoms with Gasteiger partial charge in [-0.3, -0.25) is 9.69 Å². The quantitative estimate of drug-likeness (QED) is 0.585. The molecule has 2 saturated heterocycles. The van der Waals surface area contributed by atoms with Crippen molar-refractivity contribution >= 4 is 27.3 Å². The minimum absolute atomic E-state index is 0.00996. The molecule has 0 N–H and O–H groups in total. The summed E-state index contributed by atoms with van der Waals surface area (Å²) in [6.45, 7) is 2.13. The number of carbonyl (C=O) groups is 1. The molecule has 1 aromatic rings. The van der Waals surface area contributed by atoms with Gasteiger partial charge in [-0.2, -0.15) is 0 Å². The Hall–Kier alpha value is -1.15. The zero-order valence-corrected chi connectivity index (χ0v) is 19.6. The number of amides is 1. The molecular weight excluding hydrogens is 436 g/mol. The Morgan fingerprint density at radius 1 is 1.06 bits per heavy atom. The van der Waals surface area contributed by atoms with E-state index in [-0.39, 0.29) is 29.6 Å². The van der Waals surface area contributed by atoms with E-state index in [1.54, 1.807) is 0 Å². The molecule has 0 bridgehead atoms. The second-order valence-electron chi connectivity index (χ2n) is 9.17. The predicted octanol–water partition coefficient (Wildman–Crippen LogP) is 3.28. The first-order valence-electron chi connectivity index (χ1n) is 11.5. The van der Waals surface area contributed by atoms with Crippen molar-refractivity contribution in [2.75, 3.05) is 31.2 Å². The van der Waals surface area contributed by atoms with Gasteiger partial charge in [0.2, 0.25) is 5.91 Å². The standard InChI is InChI=1S/C23H33ClN2O4S/c24-22-10-4-1-6-18(22)14-25(19-7-2-3-8-19)16-23(27)26(15-21-9-5-12-30-21)20-11-13-31(28,29)17-20/h1,4,6,10,19-21H,2-3,5,7-9,11-17H2. The van der Waals surface area contributed by atoms with Crippen LogP contribution in [0.3, 0.4) is 0 Å². The fourth-order valence-corrected chi connectivity index (χ4v) is 7.10. The predicted molar refractivity (Wildman–Crippen MR) is 122 cm³/mol. The van der Waals surface area contributed by atoms with E-state index in [0.29, 0.717) is 32.1 Å². The minimum atomic E-state index is -3.07. The molecular formula is C23H33ClN2O4S. The van der Waals surface area contributed by atoms with Crippen molar-refractivity contribution in [3.05, 3.63) is 34.9 Å². The Labute approximate surface area is 190 Å². The first-order valence-corrected chi connectivity index (χ1v) is 13.7. The molecule has 172 valence electrons. The Bertz CT molecular complexity index is 866. The number of nitrogens with zero attached hydrogens (tertiary/aromatic N) is 2. The van der Waals surface area contributed by atoms with Gasteiger partial charge in [-0.15, -0.1) is 0 Å². The summed E-state index contributed by atoms with van der Waals surface area (Å²) < 4.78 is 30.0. The summed E-state index contributed by atoms with van der Waals surface area (Å²) in [5, 5.41) is 0.719. The monoisotopic (exact) mass is 468 g/mol. The van der Waals surface area contributed by atoms with E-state index in [9.17, 15) is 13.2 Å². The summed E-state index contributed by atoms with van der Waals surface area (Å²) in [5.74, 6) is 0.245. The van der Waals surface area contributed by atoms with Crippen molar-refractivity contribution < 1.29 is 17.9 Å². The highest BCUT2D eigenvalue weighted by molar-refractivity contribution is 7.91. The number of rotatable bonds is 8. The maximum atomic E-state index is 13.6. The number of carbonyl (C=O) groups excluding carboxylic acids is 1. The van der Waals surface area contributed by atoms with Crippen LogP contribution in [0, 0.1) is 0 Å². The average Bonchev–Trinajstić information content (AvgIpc) is 3.49. The Morgan fingerprint density at radius 3 is 2.48 bits per heavy atom. The van der Waals surface area contributed by atoms with E-state index < -0.39 is 9.84 Å². The fraction of sp³-hybridized carbons (Fsp3) is 0.696. The second kappa shape index (κ2) is 10.2. The minimum Gasteiger partial charge on any atom is -0.376 e. The normalized spacial score (nSPS) is 26.0. The van der Waals surface area contributed by atoms with E-state index in [4.69, 9.17) is 16.3 Å². The lowest BCUT2D eigenvalue weighted by atomic mass is 10.1. The Kier molecular flexibility index (Phi) is 7.57. The van der Waals surface area contributed by atoms with Gasteiger partial charge in [-0.25, -0.2) is 8.42 Å². The highest BCUT2D eigenvalue weighted by atomic mass is 35.5. The molecule has 1 amide bonds. The zero-order valence-electron chi connectivity index (χ0n) is 18.0. The van der Waals surface area contributed by atoms with E-state index in [0.717, 1.165) is 42.9 Å². The lowest BCUT2D eigenvalue weighted by Crippen LogP contribution is -2.50. The van der Waals surface area contributed by atoms with Gasteiger partial charge in [0.15, 0.2) is 9.84 Å². The van der Waals surface area contributed by atoms with Crippen LogP contribution >= 0.6 is 11.6 Å². The van der Waals surface area contributed by atoms with Crippen molar-refractivity contribution in [3.63, 3.8) is 0 Å². The lowest BCUT2D eigenvalue weighted by Gasteiger charge is -2.35. The summed E-state index contributed by atoms with van der Waals surface area (Å²) in [4.78, 5) is 17.6. The first kappa shape index (κ1) is 23.0. The van der Waals surface area contributed by atoms with Crippen LogP contribution in [0.25, 0.3) is 0 Å². The number of sulfone groups is 1. The highest BCUT2D eigenvalue weighted by Gasteiger charge is 2.37. The Balaban J connectivity index is 1.51. The van der Waals surface area contributed by atoms with Crippen LogP contribution < -0.4 is 0 Å². The van der Waals surface area contributed by atoms with Gasteiger partial charge in [-0.1, -0.05) is 42.6 Å². The van der Waals surface area contributed by atoms with Crippen LogP contribution in [0.4, 0.5) is 0 Å². The van der Waals surface area contributed by atoms with E-state index in [2.05, 4.69) is 4.90 Å². The molecule has 8 heteroatoms. The Morgan fingerprint density at radius 2 is 1.84 bits per heavy atom. The van der Waals surface area contributed by atoms with Crippen molar-refractivity contribution in [2.45, 2.75) is 69.7 Å². The molecule has 6 nitrogen and oxygen atoms in total. The number of benzene rings is 1. The van der Waals surface area contributed by atoms with Crippen LogP contribution in [0.1, 0.15) is 50.5 Å². The van der Waals surface area contributed by atoms with Crippen molar-refractivity contribution in [2.24, 2.45) is 0 Å². The molecule has 4 rings (SSSR count). The molecule has 0 aromatic heterocycles. The third-order valence-electron chi connectivity index (χ3n) is 6.90. The fourth-order valence-electron chi connectivity index (χ4n) is 5.18. The lowest BCUT2D eigenvalue weighted by molar-refractivity contribution is -0.136. The smallest absolute Gasteiger partial charge is 0.237 e. The molecule has 2 unspecified atom stereocenters. The van der Waals surface area contributed by atoms with Crippen LogP contribution in [-0.2, 0) is 25.9 Å². The number of hydrogen-bond acceptors (Lipinski definition) is 5. The summed E-state index contributed by atoms with van der Waals surface area (Å²) >= 11 is 6.42. The third kappa shape index (κ3) is 6.01. The second-order valence-corrected chi connectivity index (χ2v) is 11.8. The number of halogens is 1. The van der Waals surface area contributed by atoms with Gasteiger partial charge >= 0.3 is 0 Å². The van der Waals surface area contributed by atoms with Gasteiger partial charge < -0.3 is 9.64 Å². The largest absolute Gasteiger partial charge is 0.376 e. The maximum absolute atomic E-state index is 13.6.